The van der Waals surface area contributed by atoms with Gasteiger partial charge < -0.3 is 10.5 Å². The van der Waals surface area contributed by atoms with Gasteiger partial charge in [0.05, 0.1) is 8.81 Å². The van der Waals surface area contributed by atoms with Gasteiger partial charge in [-0.25, -0.2) is 0 Å². The van der Waals surface area contributed by atoms with Crippen LogP contribution in [0.15, 0.2) is 38.6 Å². The number of ether oxygens (including phenoxy) is 1. The van der Waals surface area contributed by atoms with Crippen LogP contribution in [-0.2, 0) is 0 Å². The van der Waals surface area contributed by atoms with Crippen LogP contribution in [0.1, 0.15) is 11.0 Å². The quantitative estimate of drug-likeness (QED) is 0.768. The molecular formula is C12H10Br2ClNOS. The van der Waals surface area contributed by atoms with Crippen molar-refractivity contribution in [2.45, 2.75) is 6.10 Å². The summed E-state index contributed by atoms with van der Waals surface area (Å²) in [5.74, 6) is 0.639. The van der Waals surface area contributed by atoms with E-state index in [-0.39, 0.29) is 6.10 Å². The second-order valence-electron chi connectivity index (χ2n) is 3.56. The van der Waals surface area contributed by atoms with Gasteiger partial charge >= 0.3 is 0 Å². The first kappa shape index (κ1) is 14.3. The minimum atomic E-state index is -0.181. The SMILES string of the molecule is NCC(Oc1ccc(Br)cc1Cl)c1ccc(Br)s1. The van der Waals surface area contributed by atoms with Crippen LogP contribution in [0.3, 0.4) is 0 Å². The van der Waals surface area contributed by atoms with E-state index in [1.807, 2.05) is 24.3 Å². The van der Waals surface area contributed by atoms with Crippen molar-refractivity contribution in [2.24, 2.45) is 5.73 Å². The summed E-state index contributed by atoms with van der Waals surface area (Å²) in [6, 6.07) is 9.50. The van der Waals surface area contributed by atoms with E-state index in [0.717, 1.165) is 13.1 Å². The summed E-state index contributed by atoms with van der Waals surface area (Å²) in [7, 11) is 0. The van der Waals surface area contributed by atoms with Crippen molar-refractivity contribution in [3.05, 3.63) is 48.5 Å². The number of thiophene rings is 1. The first-order valence-corrected chi connectivity index (χ1v) is 7.95. The monoisotopic (exact) mass is 409 g/mol. The molecule has 2 nitrogen and oxygen atoms in total. The molecule has 1 unspecified atom stereocenters. The second-order valence-corrected chi connectivity index (χ2v) is 7.38. The predicted molar refractivity (Wildman–Crippen MR) is 83.6 cm³/mol. The fourth-order valence-electron chi connectivity index (χ4n) is 1.45. The van der Waals surface area contributed by atoms with Gasteiger partial charge in [-0.05, 0) is 46.3 Å². The van der Waals surface area contributed by atoms with Gasteiger partial charge in [0, 0.05) is 15.9 Å². The van der Waals surface area contributed by atoms with E-state index in [1.165, 1.54) is 0 Å². The van der Waals surface area contributed by atoms with Crippen molar-refractivity contribution in [1.82, 2.24) is 0 Å². The van der Waals surface area contributed by atoms with E-state index in [2.05, 4.69) is 31.9 Å². The highest BCUT2D eigenvalue weighted by atomic mass is 79.9. The molecule has 1 aromatic carbocycles. The molecular weight excluding hydrogens is 401 g/mol. The Labute approximate surface area is 131 Å². The van der Waals surface area contributed by atoms with Crippen LogP contribution in [0.25, 0.3) is 0 Å². The summed E-state index contributed by atoms with van der Waals surface area (Å²) in [5.41, 5.74) is 5.76. The summed E-state index contributed by atoms with van der Waals surface area (Å²) < 4.78 is 7.84. The Morgan fingerprint density at radius 3 is 2.61 bits per heavy atom. The third-order valence-corrected chi connectivity index (χ3v) is 4.79. The number of hydrogen-bond acceptors (Lipinski definition) is 3. The van der Waals surface area contributed by atoms with Crippen LogP contribution >= 0.6 is 54.8 Å². The molecule has 0 saturated carbocycles. The zero-order chi connectivity index (χ0) is 13.1. The molecule has 0 fully saturated rings. The molecule has 6 heteroatoms. The normalized spacial score (nSPS) is 12.4. The fraction of sp³-hybridized carbons (Fsp3) is 0.167. The van der Waals surface area contributed by atoms with Crippen LogP contribution in [0.2, 0.25) is 5.02 Å². The van der Waals surface area contributed by atoms with Gasteiger partial charge in [-0.3, -0.25) is 0 Å². The van der Waals surface area contributed by atoms with Gasteiger partial charge in [0.1, 0.15) is 11.9 Å². The Morgan fingerprint density at radius 2 is 2.06 bits per heavy atom. The lowest BCUT2D eigenvalue weighted by Gasteiger charge is -2.17. The highest BCUT2D eigenvalue weighted by Crippen LogP contribution is 2.34. The number of hydrogen-bond donors (Lipinski definition) is 1. The topological polar surface area (TPSA) is 35.2 Å². The summed E-state index contributed by atoms with van der Waals surface area (Å²) in [5, 5.41) is 0.568. The van der Waals surface area contributed by atoms with E-state index in [0.29, 0.717) is 17.3 Å². The number of benzene rings is 1. The molecule has 0 aliphatic carbocycles. The van der Waals surface area contributed by atoms with E-state index >= 15 is 0 Å². The molecule has 18 heavy (non-hydrogen) atoms. The van der Waals surface area contributed by atoms with Crippen molar-refractivity contribution in [1.29, 1.82) is 0 Å². The van der Waals surface area contributed by atoms with Gasteiger partial charge in [0.25, 0.3) is 0 Å². The zero-order valence-electron chi connectivity index (χ0n) is 9.20. The molecule has 0 bridgehead atoms. The summed E-state index contributed by atoms with van der Waals surface area (Å²) in [4.78, 5) is 1.07. The summed E-state index contributed by atoms with van der Waals surface area (Å²) >= 11 is 14.5. The Kier molecular flexibility index (Phi) is 5.09. The van der Waals surface area contributed by atoms with Crippen molar-refractivity contribution >= 4 is 54.8 Å². The largest absolute Gasteiger partial charge is 0.482 e. The maximum atomic E-state index is 6.12. The predicted octanol–water partition coefficient (Wildman–Crippen LogP) is 5.01. The van der Waals surface area contributed by atoms with Crippen LogP contribution in [-0.4, -0.2) is 6.54 Å². The third kappa shape index (κ3) is 3.48. The van der Waals surface area contributed by atoms with E-state index < -0.39 is 0 Å². The highest BCUT2D eigenvalue weighted by molar-refractivity contribution is 9.11. The number of halogens is 3. The molecule has 0 saturated heterocycles. The van der Waals surface area contributed by atoms with Gasteiger partial charge in [-0.15, -0.1) is 11.3 Å². The molecule has 0 aliphatic rings. The van der Waals surface area contributed by atoms with Crippen molar-refractivity contribution < 1.29 is 4.74 Å². The maximum Gasteiger partial charge on any atom is 0.145 e. The Bertz CT molecular complexity index is 547. The molecule has 2 aromatic rings. The average Bonchev–Trinajstić information content (AvgIpc) is 2.75. The van der Waals surface area contributed by atoms with Crippen LogP contribution in [0, 0.1) is 0 Å². The molecule has 0 radical (unpaired) electrons. The Morgan fingerprint density at radius 1 is 1.28 bits per heavy atom. The fourth-order valence-corrected chi connectivity index (χ4v) is 3.63. The van der Waals surface area contributed by atoms with Gasteiger partial charge in [0.15, 0.2) is 0 Å². The molecule has 0 amide bonds. The van der Waals surface area contributed by atoms with Gasteiger partial charge in [-0.1, -0.05) is 27.5 Å². The molecule has 96 valence electrons. The van der Waals surface area contributed by atoms with Crippen LogP contribution < -0.4 is 10.5 Å². The highest BCUT2D eigenvalue weighted by Gasteiger charge is 2.15. The smallest absolute Gasteiger partial charge is 0.145 e. The zero-order valence-corrected chi connectivity index (χ0v) is 13.9. The molecule has 0 aliphatic heterocycles. The first-order chi connectivity index (χ1) is 8.60. The average molecular weight is 412 g/mol. The van der Waals surface area contributed by atoms with E-state index in [1.54, 1.807) is 17.4 Å². The van der Waals surface area contributed by atoms with Crippen molar-refractivity contribution in [2.75, 3.05) is 6.54 Å². The van der Waals surface area contributed by atoms with Crippen molar-refractivity contribution in [3.8, 4) is 5.75 Å². The maximum absolute atomic E-state index is 6.12. The first-order valence-electron chi connectivity index (χ1n) is 5.17. The molecule has 1 atom stereocenters. The molecule has 1 heterocycles. The number of nitrogens with two attached hydrogens (primary N) is 1. The third-order valence-electron chi connectivity index (χ3n) is 2.29. The standard InChI is InChI=1S/C12H10Br2ClNOS/c13-7-1-2-9(8(15)5-7)17-10(6-16)11-3-4-12(14)18-11/h1-5,10H,6,16H2. The Hall–Kier alpha value is -0.0700. The van der Waals surface area contributed by atoms with E-state index in [4.69, 9.17) is 22.1 Å². The lowest BCUT2D eigenvalue weighted by atomic mass is 10.3. The summed E-state index contributed by atoms with van der Waals surface area (Å²) in [6.45, 7) is 0.402. The lowest BCUT2D eigenvalue weighted by Crippen LogP contribution is -2.17. The van der Waals surface area contributed by atoms with Crippen molar-refractivity contribution in [3.63, 3.8) is 0 Å². The molecule has 2 N–H and O–H groups in total. The molecule has 2 rings (SSSR count). The molecule has 1 aromatic heterocycles. The van der Waals surface area contributed by atoms with Gasteiger partial charge in [-0.2, -0.15) is 0 Å². The van der Waals surface area contributed by atoms with Crippen LogP contribution in [0.4, 0.5) is 0 Å². The Balaban J connectivity index is 2.20. The minimum absolute atomic E-state index is 0.181. The van der Waals surface area contributed by atoms with Crippen LogP contribution in [0.5, 0.6) is 5.75 Å². The second kappa shape index (κ2) is 6.39. The van der Waals surface area contributed by atoms with E-state index in [9.17, 15) is 0 Å². The minimum Gasteiger partial charge on any atom is -0.482 e. The molecule has 0 spiro atoms. The van der Waals surface area contributed by atoms with Gasteiger partial charge in [0.2, 0.25) is 0 Å². The lowest BCUT2D eigenvalue weighted by molar-refractivity contribution is 0.218. The number of rotatable bonds is 4. The summed E-state index contributed by atoms with van der Waals surface area (Å²) in [6.07, 6.45) is -0.181.